The summed E-state index contributed by atoms with van der Waals surface area (Å²) in [6.07, 6.45) is 3.41. The number of aryl methyl sites for hydroxylation is 1. The zero-order valence-electron chi connectivity index (χ0n) is 16.5. The van der Waals surface area contributed by atoms with Crippen LogP contribution in [0, 0.1) is 0 Å². The third kappa shape index (κ3) is 4.27. The van der Waals surface area contributed by atoms with Crippen molar-refractivity contribution < 1.29 is 19.1 Å². The normalized spacial score (nSPS) is 15.3. The average Bonchev–Trinajstić information content (AvgIpc) is 2.72. The van der Waals surface area contributed by atoms with E-state index in [1.54, 1.807) is 32.4 Å². The van der Waals surface area contributed by atoms with Gasteiger partial charge in [0.05, 0.1) is 19.9 Å². The molecule has 0 saturated carbocycles. The largest absolute Gasteiger partial charge is 0.497 e. The van der Waals surface area contributed by atoms with Crippen LogP contribution < -0.4 is 20.1 Å². The Morgan fingerprint density at radius 2 is 1.93 bits per heavy atom. The number of fused-ring (bicyclic) bond motifs is 1. The van der Waals surface area contributed by atoms with Crippen molar-refractivity contribution in [1.29, 1.82) is 0 Å². The summed E-state index contributed by atoms with van der Waals surface area (Å²) in [7, 11) is 4.77. The van der Waals surface area contributed by atoms with Crippen LogP contribution in [0.2, 0.25) is 0 Å². The van der Waals surface area contributed by atoms with Crippen LogP contribution in [0.4, 0.5) is 5.69 Å². The van der Waals surface area contributed by atoms with Gasteiger partial charge in [0.1, 0.15) is 11.5 Å². The van der Waals surface area contributed by atoms with Crippen LogP contribution in [0.25, 0.3) is 0 Å². The maximum atomic E-state index is 12.7. The lowest BCUT2D eigenvalue weighted by Gasteiger charge is -2.25. The lowest BCUT2D eigenvalue weighted by atomic mass is 9.81. The average molecular weight is 382 g/mol. The Bertz CT molecular complexity index is 879. The Kier molecular flexibility index (Phi) is 6.19. The van der Waals surface area contributed by atoms with Gasteiger partial charge in [0.2, 0.25) is 5.91 Å². The van der Waals surface area contributed by atoms with Gasteiger partial charge < -0.3 is 20.1 Å². The van der Waals surface area contributed by atoms with Crippen molar-refractivity contribution in [1.82, 2.24) is 5.32 Å². The maximum absolute atomic E-state index is 12.7. The van der Waals surface area contributed by atoms with Gasteiger partial charge in [0, 0.05) is 19.0 Å². The minimum atomic E-state index is -0.215. The number of benzene rings is 2. The lowest BCUT2D eigenvalue weighted by molar-refractivity contribution is -0.116. The van der Waals surface area contributed by atoms with Gasteiger partial charge in [0.25, 0.3) is 5.91 Å². The quantitative estimate of drug-likeness (QED) is 0.802. The van der Waals surface area contributed by atoms with Crippen molar-refractivity contribution in [2.75, 3.05) is 26.6 Å². The number of amides is 2. The number of rotatable bonds is 6. The molecule has 1 aliphatic rings. The van der Waals surface area contributed by atoms with E-state index in [1.165, 1.54) is 18.2 Å². The molecule has 0 aromatic heterocycles. The van der Waals surface area contributed by atoms with Gasteiger partial charge in [-0.2, -0.15) is 0 Å². The van der Waals surface area contributed by atoms with Gasteiger partial charge in [-0.1, -0.05) is 6.07 Å². The van der Waals surface area contributed by atoms with Crippen LogP contribution >= 0.6 is 0 Å². The summed E-state index contributed by atoms with van der Waals surface area (Å²) in [6.45, 7) is 0. The molecule has 2 N–H and O–H groups in total. The predicted molar refractivity (Wildman–Crippen MR) is 108 cm³/mol. The zero-order valence-corrected chi connectivity index (χ0v) is 16.5. The SMILES string of the molecule is CNC(=O)c1ccc(OC)c(NC(=O)CC2CCCc3cc(OC)ccc32)c1. The zero-order chi connectivity index (χ0) is 20.1. The first-order valence-corrected chi connectivity index (χ1v) is 9.42. The fourth-order valence-corrected chi connectivity index (χ4v) is 3.75. The molecule has 2 aromatic carbocycles. The molecule has 0 fully saturated rings. The molecule has 3 rings (SSSR count). The highest BCUT2D eigenvalue weighted by molar-refractivity contribution is 5.98. The molecule has 0 radical (unpaired) electrons. The van der Waals surface area contributed by atoms with E-state index >= 15 is 0 Å². The fraction of sp³-hybridized carbons (Fsp3) is 0.364. The molecular formula is C22H26N2O4. The van der Waals surface area contributed by atoms with Crippen LogP contribution in [-0.4, -0.2) is 33.1 Å². The van der Waals surface area contributed by atoms with Crippen molar-refractivity contribution in [3.8, 4) is 11.5 Å². The predicted octanol–water partition coefficient (Wildman–Crippen LogP) is 3.51. The van der Waals surface area contributed by atoms with Gasteiger partial charge in [-0.05, 0) is 66.6 Å². The first kappa shape index (κ1) is 19.7. The number of methoxy groups -OCH3 is 2. The summed E-state index contributed by atoms with van der Waals surface area (Å²) in [6, 6.07) is 11.1. The van der Waals surface area contributed by atoms with Crippen molar-refractivity contribution in [3.63, 3.8) is 0 Å². The number of nitrogens with one attached hydrogen (secondary N) is 2. The highest BCUT2D eigenvalue weighted by Crippen LogP contribution is 2.36. The second-order valence-electron chi connectivity index (χ2n) is 6.90. The van der Waals surface area contributed by atoms with Crippen molar-refractivity contribution in [3.05, 3.63) is 53.1 Å². The van der Waals surface area contributed by atoms with E-state index in [-0.39, 0.29) is 17.7 Å². The van der Waals surface area contributed by atoms with Crippen LogP contribution in [0.5, 0.6) is 11.5 Å². The highest BCUT2D eigenvalue weighted by Gasteiger charge is 2.23. The van der Waals surface area contributed by atoms with Gasteiger partial charge in [-0.25, -0.2) is 0 Å². The maximum Gasteiger partial charge on any atom is 0.251 e. The summed E-state index contributed by atoms with van der Waals surface area (Å²) in [5, 5.41) is 5.50. The van der Waals surface area contributed by atoms with E-state index in [2.05, 4.69) is 22.8 Å². The molecule has 6 nitrogen and oxygen atoms in total. The van der Waals surface area contributed by atoms with E-state index in [0.717, 1.165) is 25.0 Å². The van der Waals surface area contributed by atoms with Gasteiger partial charge in [-0.3, -0.25) is 9.59 Å². The van der Waals surface area contributed by atoms with Crippen molar-refractivity contribution >= 4 is 17.5 Å². The Balaban J connectivity index is 1.76. The molecule has 0 bridgehead atoms. The number of hydrogen-bond donors (Lipinski definition) is 2. The number of carbonyl (C=O) groups is 2. The first-order valence-electron chi connectivity index (χ1n) is 9.42. The lowest BCUT2D eigenvalue weighted by Crippen LogP contribution is -2.20. The number of anilines is 1. The van der Waals surface area contributed by atoms with Crippen LogP contribution in [0.15, 0.2) is 36.4 Å². The third-order valence-corrected chi connectivity index (χ3v) is 5.18. The summed E-state index contributed by atoms with van der Waals surface area (Å²) >= 11 is 0. The second kappa shape index (κ2) is 8.78. The molecule has 1 atom stereocenters. The molecule has 0 saturated heterocycles. The Morgan fingerprint density at radius 3 is 2.64 bits per heavy atom. The minimum Gasteiger partial charge on any atom is -0.497 e. The number of ether oxygens (including phenoxy) is 2. The van der Waals surface area contributed by atoms with E-state index in [9.17, 15) is 9.59 Å². The van der Waals surface area contributed by atoms with Gasteiger partial charge in [-0.15, -0.1) is 0 Å². The molecule has 1 unspecified atom stereocenters. The molecule has 6 heteroatoms. The minimum absolute atomic E-state index is 0.0963. The molecule has 1 aliphatic carbocycles. The molecule has 0 heterocycles. The van der Waals surface area contributed by atoms with Gasteiger partial charge in [0.15, 0.2) is 0 Å². The highest BCUT2D eigenvalue weighted by atomic mass is 16.5. The molecule has 2 aromatic rings. The summed E-state index contributed by atoms with van der Waals surface area (Å²) < 4.78 is 10.6. The van der Waals surface area contributed by atoms with Gasteiger partial charge >= 0.3 is 0 Å². The fourth-order valence-electron chi connectivity index (χ4n) is 3.75. The molecule has 0 spiro atoms. The van der Waals surface area contributed by atoms with Crippen LogP contribution in [0.1, 0.15) is 46.7 Å². The van der Waals surface area contributed by atoms with E-state index in [1.807, 2.05) is 6.07 Å². The Labute approximate surface area is 165 Å². The first-order chi connectivity index (χ1) is 13.5. The molecule has 2 amide bonds. The Morgan fingerprint density at radius 1 is 1.11 bits per heavy atom. The van der Waals surface area contributed by atoms with Crippen molar-refractivity contribution in [2.45, 2.75) is 31.6 Å². The summed E-state index contributed by atoms with van der Waals surface area (Å²) in [4.78, 5) is 24.6. The smallest absolute Gasteiger partial charge is 0.251 e. The monoisotopic (exact) mass is 382 g/mol. The van der Waals surface area contributed by atoms with E-state index in [4.69, 9.17) is 9.47 Å². The topological polar surface area (TPSA) is 76.7 Å². The number of carbonyl (C=O) groups excluding carboxylic acids is 2. The van der Waals surface area contributed by atoms with Crippen molar-refractivity contribution in [2.24, 2.45) is 0 Å². The summed E-state index contributed by atoms with van der Waals surface area (Å²) in [5.41, 5.74) is 3.43. The molecule has 148 valence electrons. The number of hydrogen-bond acceptors (Lipinski definition) is 4. The third-order valence-electron chi connectivity index (χ3n) is 5.18. The standard InChI is InChI=1S/C22H26N2O4/c1-23-22(26)16-7-10-20(28-3)19(12-16)24-21(25)13-15-6-4-5-14-11-17(27-2)8-9-18(14)15/h7-12,15H,4-6,13H2,1-3H3,(H,23,26)(H,24,25). The second-order valence-corrected chi connectivity index (χ2v) is 6.90. The molecular weight excluding hydrogens is 356 g/mol. The molecule has 0 aliphatic heterocycles. The molecule has 28 heavy (non-hydrogen) atoms. The Hall–Kier alpha value is -3.02. The van der Waals surface area contributed by atoms with E-state index in [0.29, 0.717) is 23.4 Å². The summed E-state index contributed by atoms with van der Waals surface area (Å²) in [5.74, 6) is 1.23. The van der Waals surface area contributed by atoms with Crippen LogP contribution in [-0.2, 0) is 11.2 Å². The van der Waals surface area contributed by atoms with E-state index < -0.39 is 0 Å². The van der Waals surface area contributed by atoms with Crippen LogP contribution in [0.3, 0.4) is 0 Å².